The number of aryl methyl sites for hydroxylation is 1. The molecule has 0 unspecified atom stereocenters. The maximum absolute atomic E-state index is 12.0. The number of H-pyrrole nitrogens is 2. The van der Waals surface area contributed by atoms with Crippen molar-refractivity contribution in [2.24, 2.45) is 0 Å². The molecule has 0 fully saturated rings. The van der Waals surface area contributed by atoms with Gasteiger partial charge in [0.2, 0.25) is 0 Å². The molecule has 8 nitrogen and oxygen atoms in total. The summed E-state index contributed by atoms with van der Waals surface area (Å²) in [6.45, 7) is 1.82. The van der Waals surface area contributed by atoms with E-state index in [1.807, 2.05) is 13.0 Å². The predicted molar refractivity (Wildman–Crippen MR) is 99.4 cm³/mol. The summed E-state index contributed by atoms with van der Waals surface area (Å²) in [6, 6.07) is 5.41. The second kappa shape index (κ2) is 5.95. The normalized spacial score (nSPS) is 11.2. The van der Waals surface area contributed by atoms with Gasteiger partial charge in [-0.1, -0.05) is 0 Å². The summed E-state index contributed by atoms with van der Waals surface area (Å²) in [7, 11) is 3.13. The SMILES string of the molecule is COc1ccc(-c2nc(C)c3c(n2)sc2c(=O)[nH]c(=O)[nH]c23)cc1OC. The monoisotopic (exact) mass is 370 g/mol. The van der Waals surface area contributed by atoms with Crippen molar-refractivity contribution in [2.45, 2.75) is 6.92 Å². The van der Waals surface area contributed by atoms with Gasteiger partial charge in [0.05, 0.1) is 30.8 Å². The molecular formula is C17H14N4O4S. The van der Waals surface area contributed by atoms with Crippen LogP contribution in [0.15, 0.2) is 27.8 Å². The van der Waals surface area contributed by atoms with Crippen molar-refractivity contribution in [3.8, 4) is 22.9 Å². The van der Waals surface area contributed by atoms with E-state index in [1.165, 1.54) is 11.3 Å². The van der Waals surface area contributed by atoms with Crippen molar-refractivity contribution in [3.63, 3.8) is 0 Å². The van der Waals surface area contributed by atoms with E-state index in [1.54, 1.807) is 26.4 Å². The van der Waals surface area contributed by atoms with E-state index in [-0.39, 0.29) is 0 Å². The second-order valence-electron chi connectivity index (χ2n) is 5.60. The van der Waals surface area contributed by atoms with Gasteiger partial charge in [0.1, 0.15) is 9.53 Å². The van der Waals surface area contributed by atoms with Crippen molar-refractivity contribution in [1.82, 2.24) is 19.9 Å². The van der Waals surface area contributed by atoms with Gasteiger partial charge in [-0.15, -0.1) is 11.3 Å². The van der Waals surface area contributed by atoms with Crippen molar-refractivity contribution in [1.29, 1.82) is 0 Å². The predicted octanol–water partition coefficient (Wildman–Crippen LogP) is 2.21. The van der Waals surface area contributed by atoms with Crippen LogP contribution in [0.4, 0.5) is 0 Å². The van der Waals surface area contributed by atoms with Crippen LogP contribution in [0.1, 0.15) is 5.69 Å². The van der Waals surface area contributed by atoms with E-state index in [0.717, 1.165) is 5.56 Å². The van der Waals surface area contributed by atoms with Crippen LogP contribution in [0.25, 0.3) is 31.8 Å². The number of aromatic nitrogens is 4. The number of nitrogens with one attached hydrogen (secondary N) is 2. The third kappa shape index (κ3) is 2.44. The topological polar surface area (TPSA) is 110 Å². The highest BCUT2D eigenvalue weighted by Crippen LogP contribution is 2.34. The number of methoxy groups -OCH3 is 2. The first-order chi connectivity index (χ1) is 12.5. The molecule has 26 heavy (non-hydrogen) atoms. The van der Waals surface area contributed by atoms with Gasteiger partial charge in [-0.3, -0.25) is 9.78 Å². The number of fused-ring (bicyclic) bond motifs is 3. The summed E-state index contributed by atoms with van der Waals surface area (Å²) >= 11 is 1.22. The molecule has 0 aliphatic heterocycles. The van der Waals surface area contributed by atoms with Crippen molar-refractivity contribution < 1.29 is 9.47 Å². The zero-order valence-electron chi connectivity index (χ0n) is 14.2. The summed E-state index contributed by atoms with van der Waals surface area (Å²) < 4.78 is 11.0. The van der Waals surface area contributed by atoms with Crippen LogP contribution >= 0.6 is 11.3 Å². The summed E-state index contributed by atoms with van der Waals surface area (Å²) in [5.41, 5.74) is 0.916. The molecule has 0 aliphatic rings. The second-order valence-corrected chi connectivity index (χ2v) is 6.60. The van der Waals surface area contributed by atoms with Crippen LogP contribution in [0.3, 0.4) is 0 Å². The minimum Gasteiger partial charge on any atom is -0.493 e. The number of hydrogen-bond donors (Lipinski definition) is 2. The Hall–Kier alpha value is -3.20. The highest BCUT2D eigenvalue weighted by molar-refractivity contribution is 7.25. The van der Waals surface area contributed by atoms with E-state index >= 15 is 0 Å². The fourth-order valence-corrected chi connectivity index (χ4v) is 3.93. The Bertz CT molecular complexity index is 1270. The number of nitrogens with zero attached hydrogens (tertiary/aromatic N) is 2. The lowest BCUT2D eigenvalue weighted by atomic mass is 10.1. The van der Waals surface area contributed by atoms with Gasteiger partial charge in [-0.2, -0.15) is 0 Å². The van der Waals surface area contributed by atoms with Gasteiger partial charge in [-0.25, -0.2) is 14.8 Å². The molecular weight excluding hydrogens is 356 g/mol. The van der Waals surface area contributed by atoms with Crippen LogP contribution in [-0.4, -0.2) is 34.2 Å². The molecule has 3 heterocycles. The van der Waals surface area contributed by atoms with Crippen LogP contribution in [0, 0.1) is 6.92 Å². The average molecular weight is 370 g/mol. The lowest BCUT2D eigenvalue weighted by molar-refractivity contribution is 0.355. The summed E-state index contributed by atoms with van der Waals surface area (Å²) in [5, 5.41) is 0.678. The molecule has 0 aliphatic carbocycles. The quantitative estimate of drug-likeness (QED) is 0.572. The molecule has 3 aromatic heterocycles. The number of ether oxygens (including phenoxy) is 2. The number of aromatic amines is 2. The molecule has 0 amide bonds. The van der Waals surface area contributed by atoms with Gasteiger partial charge in [0, 0.05) is 5.56 Å². The van der Waals surface area contributed by atoms with E-state index in [2.05, 4.69) is 19.9 Å². The Morgan fingerprint density at radius 1 is 1.04 bits per heavy atom. The Morgan fingerprint density at radius 3 is 2.54 bits per heavy atom. The Morgan fingerprint density at radius 2 is 1.81 bits per heavy atom. The van der Waals surface area contributed by atoms with Gasteiger partial charge >= 0.3 is 5.69 Å². The number of thiophene rings is 1. The van der Waals surface area contributed by atoms with Crippen LogP contribution < -0.4 is 20.7 Å². The average Bonchev–Trinajstić information content (AvgIpc) is 3.00. The van der Waals surface area contributed by atoms with Crippen LogP contribution in [0.2, 0.25) is 0 Å². The van der Waals surface area contributed by atoms with E-state index in [4.69, 9.17) is 9.47 Å². The third-order valence-corrected chi connectivity index (χ3v) is 5.13. The smallest absolute Gasteiger partial charge is 0.326 e. The lowest BCUT2D eigenvalue weighted by Crippen LogP contribution is -2.20. The number of benzene rings is 1. The molecule has 4 rings (SSSR count). The largest absolute Gasteiger partial charge is 0.493 e. The molecule has 0 atom stereocenters. The minimum absolute atomic E-state index is 0.418. The van der Waals surface area contributed by atoms with Gasteiger partial charge in [0.15, 0.2) is 17.3 Å². The first-order valence-electron chi connectivity index (χ1n) is 7.67. The van der Waals surface area contributed by atoms with Gasteiger partial charge in [-0.05, 0) is 25.1 Å². The summed E-state index contributed by atoms with van der Waals surface area (Å²) in [4.78, 5) is 38.3. The highest BCUT2D eigenvalue weighted by Gasteiger charge is 2.16. The molecule has 0 saturated heterocycles. The molecule has 0 bridgehead atoms. The molecule has 4 aromatic rings. The Kier molecular flexibility index (Phi) is 3.73. The Labute approximate surface area is 150 Å². The summed E-state index contributed by atoms with van der Waals surface area (Å²) in [6.07, 6.45) is 0. The maximum Gasteiger partial charge on any atom is 0.326 e. The standard InChI is InChI=1S/C17H14N4O4S/c1-7-11-12-13(15(22)21-17(23)19-12)26-16(11)20-14(18-7)8-4-5-9(24-2)10(6-8)25-3/h4-6H,1-3H3,(H2,19,21,22,23). The first kappa shape index (κ1) is 16.3. The number of rotatable bonds is 3. The molecule has 0 saturated carbocycles. The van der Waals surface area contributed by atoms with E-state index < -0.39 is 11.2 Å². The van der Waals surface area contributed by atoms with Gasteiger partial charge in [0.25, 0.3) is 5.56 Å². The lowest BCUT2D eigenvalue weighted by Gasteiger charge is -2.09. The fraction of sp³-hybridized carbons (Fsp3) is 0.176. The van der Waals surface area contributed by atoms with Crippen molar-refractivity contribution in [3.05, 3.63) is 44.7 Å². The maximum atomic E-state index is 12.0. The Balaban J connectivity index is 1.99. The van der Waals surface area contributed by atoms with E-state index in [9.17, 15) is 9.59 Å². The summed E-state index contributed by atoms with van der Waals surface area (Å²) in [5.74, 6) is 1.68. The fourth-order valence-electron chi connectivity index (χ4n) is 2.86. The molecule has 2 N–H and O–H groups in total. The molecule has 0 spiro atoms. The van der Waals surface area contributed by atoms with Crippen LogP contribution in [-0.2, 0) is 0 Å². The van der Waals surface area contributed by atoms with Crippen LogP contribution in [0.5, 0.6) is 11.5 Å². The van der Waals surface area contributed by atoms with Crippen molar-refractivity contribution >= 4 is 31.8 Å². The van der Waals surface area contributed by atoms with Crippen molar-refractivity contribution in [2.75, 3.05) is 14.2 Å². The number of hydrogen-bond acceptors (Lipinski definition) is 7. The molecule has 9 heteroatoms. The molecule has 132 valence electrons. The zero-order chi connectivity index (χ0) is 18.4. The molecule has 0 radical (unpaired) electrons. The highest BCUT2D eigenvalue weighted by atomic mass is 32.1. The van der Waals surface area contributed by atoms with Gasteiger partial charge < -0.3 is 14.5 Å². The first-order valence-corrected chi connectivity index (χ1v) is 8.49. The third-order valence-electron chi connectivity index (χ3n) is 4.05. The minimum atomic E-state index is -0.550. The van der Waals surface area contributed by atoms with E-state index in [0.29, 0.717) is 43.5 Å². The molecule has 1 aromatic carbocycles. The zero-order valence-corrected chi connectivity index (χ0v) is 15.0.